The number of amides is 2. The van der Waals surface area contributed by atoms with Crippen LogP contribution in [0.4, 0.5) is 9.18 Å². The van der Waals surface area contributed by atoms with Crippen LogP contribution < -0.4 is 5.32 Å². The summed E-state index contributed by atoms with van der Waals surface area (Å²) in [6.07, 6.45) is -1.10. The molecule has 6 nitrogen and oxygen atoms in total. The highest BCUT2D eigenvalue weighted by molar-refractivity contribution is 5.77. The zero-order valence-corrected chi connectivity index (χ0v) is 8.47. The lowest BCUT2D eigenvalue weighted by atomic mass is 10.2. The molecule has 0 bridgehead atoms. The van der Waals surface area contributed by atoms with Gasteiger partial charge in [0.2, 0.25) is 0 Å². The van der Waals surface area contributed by atoms with Crippen LogP contribution in [0.5, 0.6) is 0 Å². The fourth-order valence-electron chi connectivity index (χ4n) is 1.77. The Morgan fingerprint density at radius 3 is 3.06 bits per heavy atom. The molecule has 0 spiro atoms. The maximum absolute atomic E-state index is 13.0. The van der Waals surface area contributed by atoms with E-state index in [1.165, 1.54) is 0 Å². The summed E-state index contributed by atoms with van der Waals surface area (Å²) in [6.45, 7) is -0.465. The molecule has 3 atom stereocenters. The molecule has 16 heavy (non-hydrogen) atoms. The minimum Gasteiger partial charge on any atom is -0.394 e. The number of ether oxygens (including phenoxy) is 1. The topological polar surface area (TPSA) is 82.0 Å². The van der Waals surface area contributed by atoms with Gasteiger partial charge in [0.05, 0.1) is 19.3 Å². The smallest absolute Gasteiger partial charge is 0.323 e. The van der Waals surface area contributed by atoms with E-state index in [1.54, 1.807) is 0 Å². The molecule has 1 saturated heterocycles. The molecule has 1 fully saturated rings. The third kappa shape index (κ3) is 2.01. The van der Waals surface area contributed by atoms with Crippen molar-refractivity contribution in [2.75, 3.05) is 13.2 Å². The zero-order chi connectivity index (χ0) is 11.7. The van der Waals surface area contributed by atoms with E-state index in [0.717, 1.165) is 11.1 Å². The number of aliphatic hydroxyl groups is 2. The zero-order valence-electron chi connectivity index (χ0n) is 8.47. The average molecular weight is 232 g/mol. The van der Waals surface area contributed by atoms with Gasteiger partial charge in [-0.05, 0) is 0 Å². The van der Waals surface area contributed by atoms with Crippen LogP contribution in [0.15, 0.2) is 12.0 Å². The summed E-state index contributed by atoms with van der Waals surface area (Å²) >= 11 is 0. The Hall–Kier alpha value is -1.18. The van der Waals surface area contributed by atoms with Crippen molar-refractivity contribution in [3.8, 4) is 0 Å². The first kappa shape index (κ1) is 11.3. The van der Waals surface area contributed by atoms with Gasteiger partial charge in [-0.1, -0.05) is 0 Å². The van der Waals surface area contributed by atoms with Gasteiger partial charge >= 0.3 is 6.03 Å². The normalized spacial score (nSPS) is 34.9. The van der Waals surface area contributed by atoms with Gasteiger partial charge in [-0.3, -0.25) is 4.90 Å². The lowest BCUT2D eigenvalue weighted by Crippen LogP contribution is -2.46. The Kier molecular flexibility index (Phi) is 3.08. The molecule has 0 aromatic heterocycles. The highest BCUT2D eigenvalue weighted by atomic mass is 19.1. The summed E-state index contributed by atoms with van der Waals surface area (Å²) < 4.78 is 18.2. The van der Waals surface area contributed by atoms with E-state index in [-0.39, 0.29) is 19.6 Å². The fraction of sp³-hybridized carbons (Fsp3) is 0.667. The van der Waals surface area contributed by atoms with Crippen LogP contribution in [0.3, 0.4) is 0 Å². The lowest BCUT2D eigenvalue weighted by Gasteiger charge is -2.28. The quantitative estimate of drug-likeness (QED) is 0.587. The van der Waals surface area contributed by atoms with Crippen LogP contribution >= 0.6 is 0 Å². The molecule has 90 valence electrons. The Morgan fingerprint density at radius 2 is 2.44 bits per heavy atom. The minimum atomic E-state index is -0.846. The predicted molar refractivity (Wildman–Crippen MR) is 50.8 cm³/mol. The van der Waals surface area contributed by atoms with Gasteiger partial charge in [-0.15, -0.1) is 0 Å². The molecule has 2 amide bonds. The standard InChI is InChI=1S/C9H13FN2O4/c10-5-2-11-9(15)12(3-5)8-1-6(14)7(4-13)16-8/h3,6-8,13-14H,1-2,4H2,(H,11,15)/t6-,7?,8-/m1/s1. The van der Waals surface area contributed by atoms with Gasteiger partial charge in [0, 0.05) is 12.6 Å². The van der Waals surface area contributed by atoms with E-state index in [2.05, 4.69) is 5.32 Å². The number of nitrogens with one attached hydrogen (secondary N) is 1. The van der Waals surface area contributed by atoms with E-state index in [4.69, 9.17) is 9.84 Å². The van der Waals surface area contributed by atoms with Crippen molar-refractivity contribution in [1.82, 2.24) is 10.2 Å². The molecule has 7 heteroatoms. The van der Waals surface area contributed by atoms with Crippen LogP contribution in [0.25, 0.3) is 0 Å². The second-order valence-electron chi connectivity index (χ2n) is 3.76. The second-order valence-corrected chi connectivity index (χ2v) is 3.76. The van der Waals surface area contributed by atoms with Gasteiger partial charge < -0.3 is 20.3 Å². The Labute approximate surface area is 91.3 Å². The molecule has 0 saturated carbocycles. The first-order chi connectivity index (χ1) is 7.61. The SMILES string of the molecule is O=C1NCC(F)=CN1[C@H]1C[C@@H](O)C(CO)O1. The number of hydrogen-bond acceptors (Lipinski definition) is 4. The van der Waals surface area contributed by atoms with Crippen molar-refractivity contribution in [1.29, 1.82) is 0 Å². The van der Waals surface area contributed by atoms with Crippen molar-refractivity contribution in [3.63, 3.8) is 0 Å². The van der Waals surface area contributed by atoms with Gasteiger partial charge in [0.25, 0.3) is 0 Å². The highest BCUT2D eigenvalue weighted by Gasteiger charge is 2.39. The van der Waals surface area contributed by atoms with Gasteiger partial charge in [0.1, 0.15) is 18.2 Å². The number of urea groups is 1. The Balaban J connectivity index is 2.08. The summed E-state index contributed by atoms with van der Waals surface area (Å²) in [7, 11) is 0. The van der Waals surface area contributed by atoms with E-state index in [1.807, 2.05) is 0 Å². The molecule has 2 heterocycles. The summed E-state index contributed by atoms with van der Waals surface area (Å²) in [5, 5.41) is 20.7. The molecule has 2 aliphatic heterocycles. The van der Waals surface area contributed by atoms with Gasteiger partial charge in [0.15, 0.2) is 0 Å². The van der Waals surface area contributed by atoms with E-state index in [0.29, 0.717) is 0 Å². The van der Waals surface area contributed by atoms with Crippen LogP contribution in [-0.4, -0.2) is 52.7 Å². The first-order valence-electron chi connectivity index (χ1n) is 4.98. The van der Waals surface area contributed by atoms with Crippen LogP contribution in [0.1, 0.15) is 6.42 Å². The van der Waals surface area contributed by atoms with Crippen molar-refractivity contribution in [2.24, 2.45) is 0 Å². The Bertz CT molecular complexity index is 323. The van der Waals surface area contributed by atoms with E-state index in [9.17, 15) is 14.3 Å². The van der Waals surface area contributed by atoms with Crippen LogP contribution in [0, 0.1) is 0 Å². The average Bonchev–Trinajstić information content (AvgIpc) is 2.63. The third-order valence-electron chi connectivity index (χ3n) is 2.62. The summed E-state index contributed by atoms with van der Waals surface area (Å²) in [4.78, 5) is 12.5. The number of carbonyl (C=O) groups is 1. The molecule has 2 aliphatic rings. The maximum Gasteiger partial charge on any atom is 0.323 e. The fourth-order valence-corrected chi connectivity index (χ4v) is 1.77. The van der Waals surface area contributed by atoms with Crippen molar-refractivity contribution < 1.29 is 24.1 Å². The van der Waals surface area contributed by atoms with Crippen LogP contribution in [-0.2, 0) is 4.74 Å². The van der Waals surface area contributed by atoms with E-state index >= 15 is 0 Å². The number of carbonyl (C=O) groups excluding carboxylic acids is 1. The molecular formula is C9H13FN2O4. The van der Waals surface area contributed by atoms with Crippen molar-refractivity contribution in [2.45, 2.75) is 24.9 Å². The number of halogens is 1. The first-order valence-corrected chi connectivity index (χ1v) is 4.98. The molecule has 1 unspecified atom stereocenters. The molecule has 2 rings (SSSR count). The van der Waals surface area contributed by atoms with Crippen molar-refractivity contribution >= 4 is 6.03 Å². The minimum absolute atomic E-state index is 0.131. The molecular weight excluding hydrogens is 219 g/mol. The maximum atomic E-state index is 13.0. The number of aliphatic hydroxyl groups excluding tert-OH is 2. The largest absolute Gasteiger partial charge is 0.394 e. The van der Waals surface area contributed by atoms with Gasteiger partial charge in [-0.2, -0.15) is 0 Å². The Morgan fingerprint density at radius 1 is 1.69 bits per heavy atom. The molecule has 0 aromatic carbocycles. The summed E-state index contributed by atoms with van der Waals surface area (Å²) in [5.41, 5.74) is 0. The monoisotopic (exact) mass is 232 g/mol. The number of nitrogens with zero attached hydrogens (tertiary/aromatic N) is 1. The molecule has 0 aliphatic carbocycles. The number of hydrogen-bond donors (Lipinski definition) is 3. The van der Waals surface area contributed by atoms with E-state index < -0.39 is 30.3 Å². The van der Waals surface area contributed by atoms with Crippen molar-refractivity contribution in [3.05, 3.63) is 12.0 Å². The molecule has 0 aromatic rings. The predicted octanol–water partition coefficient (Wildman–Crippen LogP) is -0.709. The second kappa shape index (κ2) is 4.36. The summed E-state index contributed by atoms with van der Waals surface area (Å²) in [5.74, 6) is -0.481. The highest BCUT2D eigenvalue weighted by Crippen LogP contribution is 2.25. The lowest BCUT2D eigenvalue weighted by molar-refractivity contribution is -0.0544. The summed E-state index contributed by atoms with van der Waals surface area (Å²) in [6, 6.07) is -0.475. The third-order valence-corrected chi connectivity index (χ3v) is 2.62. The van der Waals surface area contributed by atoms with Gasteiger partial charge in [-0.25, -0.2) is 9.18 Å². The molecule has 0 radical (unpaired) electrons. The molecule has 3 N–H and O–H groups in total. The number of rotatable bonds is 2. The van der Waals surface area contributed by atoms with Crippen LogP contribution in [0.2, 0.25) is 0 Å².